The zero-order valence-electron chi connectivity index (χ0n) is 9.45. The maximum absolute atomic E-state index is 5.92. The lowest BCUT2D eigenvalue weighted by Crippen LogP contribution is -2.05. The third-order valence-electron chi connectivity index (χ3n) is 2.59. The second kappa shape index (κ2) is 5.56. The highest BCUT2D eigenvalue weighted by atomic mass is 79.9. The monoisotopic (exact) mass is 313 g/mol. The van der Waals surface area contributed by atoms with Gasteiger partial charge < -0.3 is 9.88 Å². The van der Waals surface area contributed by atoms with Crippen molar-refractivity contribution in [2.45, 2.75) is 12.4 Å². The summed E-state index contributed by atoms with van der Waals surface area (Å²) in [6, 6.07) is 6.05. The Morgan fingerprint density at radius 2 is 2.29 bits per heavy atom. The summed E-state index contributed by atoms with van der Waals surface area (Å²) in [5.74, 6) is 0.493. The molecule has 1 N–H and O–H groups in total. The molecule has 0 fully saturated rings. The fourth-order valence-electron chi connectivity index (χ4n) is 1.59. The molecular weight excluding hydrogens is 302 g/mol. The molecule has 0 atom stereocenters. The summed E-state index contributed by atoms with van der Waals surface area (Å²) in [6.45, 7) is 0.738. The lowest BCUT2D eigenvalue weighted by Gasteiger charge is -2.11. The summed E-state index contributed by atoms with van der Waals surface area (Å²) in [7, 11) is 1.98. The van der Waals surface area contributed by atoms with Crippen LogP contribution in [-0.4, -0.2) is 9.55 Å². The Morgan fingerprint density at radius 3 is 2.94 bits per heavy atom. The van der Waals surface area contributed by atoms with Gasteiger partial charge in [0.2, 0.25) is 0 Å². The number of imidazole rings is 1. The molecule has 0 aliphatic carbocycles. The van der Waals surface area contributed by atoms with Crippen molar-refractivity contribution in [2.75, 3.05) is 5.32 Å². The molecule has 0 unspecified atom stereocenters. The van der Waals surface area contributed by atoms with Crippen molar-refractivity contribution < 1.29 is 0 Å². The van der Waals surface area contributed by atoms with Gasteiger partial charge in [-0.25, -0.2) is 4.98 Å². The van der Waals surface area contributed by atoms with Crippen molar-refractivity contribution >= 4 is 33.2 Å². The smallest absolute Gasteiger partial charge is 0.0946 e. The van der Waals surface area contributed by atoms with E-state index < -0.39 is 0 Å². The molecule has 5 heteroatoms. The molecule has 0 radical (unpaired) electrons. The van der Waals surface area contributed by atoms with Crippen LogP contribution in [0.1, 0.15) is 11.3 Å². The van der Waals surface area contributed by atoms with Crippen LogP contribution in [0.5, 0.6) is 0 Å². The van der Waals surface area contributed by atoms with Gasteiger partial charge in [-0.15, -0.1) is 11.6 Å². The van der Waals surface area contributed by atoms with Gasteiger partial charge in [-0.2, -0.15) is 0 Å². The maximum atomic E-state index is 5.92. The number of alkyl halides is 1. The SMILES string of the molecule is Cn1cncc1CNc1ccc(Br)cc1CCl. The predicted molar refractivity (Wildman–Crippen MR) is 74.2 cm³/mol. The van der Waals surface area contributed by atoms with Crippen LogP contribution in [0.25, 0.3) is 0 Å². The first-order chi connectivity index (χ1) is 8.20. The number of halogens is 2. The van der Waals surface area contributed by atoms with Crippen LogP contribution < -0.4 is 5.32 Å². The number of benzene rings is 1. The highest BCUT2D eigenvalue weighted by Crippen LogP contribution is 2.23. The van der Waals surface area contributed by atoms with Gasteiger partial charge in [-0.3, -0.25) is 0 Å². The first-order valence-electron chi connectivity index (χ1n) is 5.24. The van der Waals surface area contributed by atoms with Gasteiger partial charge in [0.15, 0.2) is 0 Å². The number of aryl methyl sites for hydroxylation is 1. The average Bonchev–Trinajstić information content (AvgIpc) is 2.73. The van der Waals surface area contributed by atoms with Crippen LogP contribution >= 0.6 is 27.5 Å². The van der Waals surface area contributed by atoms with Crippen molar-refractivity contribution in [3.8, 4) is 0 Å². The molecule has 2 rings (SSSR count). The van der Waals surface area contributed by atoms with Crippen molar-refractivity contribution in [3.63, 3.8) is 0 Å². The van der Waals surface area contributed by atoms with E-state index in [4.69, 9.17) is 11.6 Å². The van der Waals surface area contributed by atoms with Gasteiger partial charge in [0.1, 0.15) is 0 Å². The minimum Gasteiger partial charge on any atom is -0.379 e. The molecule has 0 aliphatic rings. The predicted octanol–water partition coefficient (Wildman–Crippen LogP) is 3.53. The van der Waals surface area contributed by atoms with E-state index in [1.54, 1.807) is 6.33 Å². The molecule has 0 saturated heterocycles. The third kappa shape index (κ3) is 3.01. The summed E-state index contributed by atoms with van der Waals surface area (Å²) in [5.41, 5.74) is 3.28. The highest BCUT2D eigenvalue weighted by Gasteiger charge is 2.03. The molecule has 1 heterocycles. The maximum Gasteiger partial charge on any atom is 0.0946 e. The fourth-order valence-corrected chi connectivity index (χ4v) is 2.22. The Balaban J connectivity index is 2.11. The first-order valence-corrected chi connectivity index (χ1v) is 6.57. The van der Waals surface area contributed by atoms with Crippen LogP contribution in [0.3, 0.4) is 0 Å². The second-order valence-electron chi connectivity index (χ2n) is 3.78. The molecule has 0 bridgehead atoms. The summed E-state index contributed by atoms with van der Waals surface area (Å²) in [4.78, 5) is 4.08. The van der Waals surface area contributed by atoms with Crippen molar-refractivity contribution in [1.29, 1.82) is 0 Å². The molecule has 0 saturated carbocycles. The van der Waals surface area contributed by atoms with Crippen molar-refractivity contribution in [3.05, 3.63) is 46.5 Å². The number of hydrogen-bond donors (Lipinski definition) is 1. The number of nitrogens with zero attached hydrogens (tertiary/aromatic N) is 2. The minimum atomic E-state index is 0.493. The number of rotatable bonds is 4. The zero-order valence-corrected chi connectivity index (χ0v) is 11.8. The van der Waals surface area contributed by atoms with Crippen molar-refractivity contribution in [2.24, 2.45) is 7.05 Å². The van der Waals surface area contributed by atoms with E-state index in [9.17, 15) is 0 Å². The molecular formula is C12H13BrClN3. The van der Waals surface area contributed by atoms with Crippen molar-refractivity contribution in [1.82, 2.24) is 9.55 Å². The first kappa shape index (κ1) is 12.5. The number of hydrogen-bond acceptors (Lipinski definition) is 2. The van der Waals surface area contributed by atoms with Gasteiger partial charge in [-0.1, -0.05) is 15.9 Å². The van der Waals surface area contributed by atoms with Gasteiger partial charge >= 0.3 is 0 Å². The van der Waals surface area contributed by atoms with Crippen LogP contribution in [0.4, 0.5) is 5.69 Å². The molecule has 0 spiro atoms. The molecule has 17 heavy (non-hydrogen) atoms. The third-order valence-corrected chi connectivity index (χ3v) is 3.37. The standard InChI is InChI=1S/C12H13BrClN3/c1-17-8-15-6-11(17)7-16-12-3-2-10(13)4-9(12)5-14/h2-4,6,8,16H,5,7H2,1H3. The Labute approximate surface area is 114 Å². The van der Waals surface area contributed by atoms with E-state index in [-0.39, 0.29) is 0 Å². The van der Waals surface area contributed by atoms with Gasteiger partial charge in [0.25, 0.3) is 0 Å². The second-order valence-corrected chi connectivity index (χ2v) is 4.97. The molecule has 90 valence electrons. The Kier molecular flexibility index (Phi) is 4.07. The van der Waals surface area contributed by atoms with Gasteiger partial charge in [0.05, 0.1) is 18.6 Å². The van der Waals surface area contributed by atoms with Crippen LogP contribution in [0.15, 0.2) is 35.2 Å². The average molecular weight is 315 g/mol. The van der Waals surface area contributed by atoms with E-state index in [2.05, 4.69) is 26.2 Å². The zero-order chi connectivity index (χ0) is 12.3. The van der Waals surface area contributed by atoms with Gasteiger partial charge in [0, 0.05) is 29.3 Å². The summed E-state index contributed by atoms with van der Waals surface area (Å²) >= 11 is 9.36. The van der Waals surface area contributed by atoms with Crippen LogP contribution in [0.2, 0.25) is 0 Å². The molecule has 2 aromatic rings. The Hall–Kier alpha value is -1.000. The quantitative estimate of drug-likeness (QED) is 0.875. The summed E-state index contributed by atoms with van der Waals surface area (Å²) < 4.78 is 3.03. The lowest BCUT2D eigenvalue weighted by atomic mass is 10.2. The summed E-state index contributed by atoms with van der Waals surface area (Å²) in [6.07, 6.45) is 3.65. The molecule has 1 aromatic heterocycles. The largest absolute Gasteiger partial charge is 0.379 e. The minimum absolute atomic E-state index is 0.493. The van der Waals surface area contributed by atoms with E-state index >= 15 is 0 Å². The molecule has 0 amide bonds. The van der Waals surface area contributed by atoms with E-state index in [0.29, 0.717) is 5.88 Å². The molecule has 0 aliphatic heterocycles. The van der Waals surface area contributed by atoms with Gasteiger partial charge in [-0.05, 0) is 23.8 Å². The highest BCUT2D eigenvalue weighted by molar-refractivity contribution is 9.10. The number of nitrogens with one attached hydrogen (secondary N) is 1. The normalized spacial score (nSPS) is 10.5. The van der Waals surface area contributed by atoms with Crippen LogP contribution in [0, 0.1) is 0 Å². The van der Waals surface area contributed by atoms with E-state index in [1.807, 2.05) is 36.0 Å². The topological polar surface area (TPSA) is 29.9 Å². The van der Waals surface area contributed by atoms with Crippen LogP contribution in [-0.2, 0) is 19.5 Å². The molecule has 1 aromatic carbocycles. The van der Waals surface area contributed by atoms with E-state index in [1.165, 1.54) is 0 Å². The molecule has 3 nitrogen and oxygen atoms in total. The van der Waals surface area contributed by atoms with E-state index in [0.717, 1.165) is 28.0 Å². The number of anilines is 1. The Bertz CT molecular complexity index is 510. The fraction of sp³-hybridized carbons (Fsp3) is 0.250. The number of aromatic nitrogens is 2. The Morgan fingerprint density at radius 1 is 1.47 bits per heavy atom. The lowest BCUT2D eigenvalue weighted by molar-refractivity contribution is 0.837. The summed E-state index contributed by atoms with van der Waals surface area (Å²) in [5, 5.41) is 3.37.